The molecule has 2 aromatic carbocycles. The van der Waals surface area contributed by atoms with Gasteiger partial charge in [0.1, 0.15) is 0 Å². The van der Waals surface area contributed by atoms with Crippen LogP contribution in [0.1, 0.15) is 41.0 Å². The Hall–Kier alpha value is -2.68. The minimum Gasteiger partial charge on any atom is -0.383 e. The summed E-state index contributed by atoms with van der Waals surface area (Å²) in [4.78, 5) is 19.2. The van der Waals surface area contributed by atoms with Crippen molar-refractivity contribution in [2.45, 2.75) is 50.8 Å². The largest absolute Gasteiger partial charge is 0.383 e. The zero-order chi connectivity index (χ0) is 24.9. The number of imidazole rings is 1. The Kier molecular flexibility index (Phi) is 8.52. The van der Waals surface area contributed by atoms with Crippen LogP contribution in [0.2, 0.25) is 5.02 Å². The highest BCUT2D eigenvalue weighted by Gasteiger charge is 2.27. The number of amides is 1. The second kappa shape index (κ2) is 11.2. The summed E-state index contributed by atoms with van der Waals surface area (Å²) in [6.07, 6.45) is 1.53. The molecule has 0 saturated carbocycles. The van der Waals surface area contributed by atoms with Crippen LogP contribution < -0.4 is 0 Å². The van der Waals surface area contributed by atoms with E-state index in [1.54, 1.807) is 53.0 Å². The predicted octanol–water partition coefficient (Wildman–Crippen LogP) is 4.52. The minimum absolute atomic E-state index is 0.0287. The first-order valence-electron chi connectivity index (χ1n) is 11.0. The van der Waals surface area contributed by atoms with Crippen LogP contribution in [0, 0.1) is 6.92 Å². The smallest absolute Gasteiger partial charge is 0.254 e. The Morgan fingerprint density at radius 2 is 1.88 bits per heavy atom. The molecule has 0 bridgehead atoms. The number of halogens is 1. The van der Waals surface area contributed by atoms with Crippen LogP contribution in [-0.4, -0.2) is 48.5 Å². The lowest BCUT2D eigenvalue weighted by molar-refractivity contribution is 0.0684. The number of carbonyl (C=O) groups excluding carboxylic acids is 1. The quantitative estimate of drug-likeness (QED) is 0.406. The van der Waals surface area contributed by atoms with Crippen LogP contribution in [-0.2, 0) is 33.4 Å². The fraction of sp³-hybridized carbons (Fsp3) is 0.360. The zero-order valence-electron chi connectivity index (χ0n) is 19.9. The van der Waals surface area contributed by atoms with E-state index >= 15 is 0 Å². The monoisotopic (exact) mass is 503 g/mol. The van der Waals surface area contributed by atoms with E-state index < -0.39 is 9.84 Å². The number of aryl methyl sites for hydroxylation is 1. The average Bonchev–Trinajstić information content (AvgIpc) is 3.20. The second-order valence-electron chi connectivity index (χ2n) is 8.46. The minimum atomic E-state index is -3.73. The van der Waals surface area contributed by atoms with Crippen molar-refractivity contribution in [3.05, 3.63) is 82.1 Å². The molecule has 0 fully saturated rings. The highest BCUT2D eigenvalue weighted by Crippen LogP contribution is 2.21. The van der Waals surface area contributed by atoms with Gasteiger partial charge in [-0.2, -0.15) is 0 Å². The number of nitrogens with zero attached hydrogens (tertiary/aromatic N) is 3. The molecular formula is C25H30ClN3O4S. The Labute approximate surface area is 206 Å². The molecular weight excluding hydrogens is 474 g/mol. The molecule has 3 rings (SSSR count). The van der Waals surface area contributed by atoms with Crippen molar-refractivity contribution in [1.29, 1.82) is 0 Å². The third-order valence-corrected chi connectivity index (χ3v) is 7.29. The van der Waals surface area contributed by atoms with Crippen LogP contribution in [0.25, 0.3) is 0 Å². The molecule has 0 aliphatic rings. The van der Waals surface area contributed by atoms with Gasteiger partial charge in [0, 0.05) is 30.3 Å². The molecule has 9 heteroatoms. The maximum absolute atomic E-state index is 13.3. The number of sulfone groups is 1. The van der Waals surface area contributed by atoms with E-state index in [-0.39, 0.29) is 29.4 Å². The molecule has 0 unspecified atom stereocenters. The number of ether oxygens (including phenoxy) is 1. The summed E-state index contributed by atoms with van der Waals surface area (Å²) in [5.74, 6) is -0.354. The van der Waals surface area contributed by atoms with Crippen LogP contribution >= 0.6 is 11.6 Å². The van der Waals surface area contributed by atoms with E-state index in [0.29, 0.717) is 35.0 Å². The van der Waals surface area contributed by atoms with Gasteiger partial charge in [-0.25, -0.2) is 13.4 Å². The van der Waals surface area contributed by atoms with Crippen LogP contribution in [0.15, 0.2) is 59.9 Å². The van der Waals surface area contributed by atoms with Gasteiger partial charge in [0.15, 0.2) is 0 Å². The van der Waals surface area contributed by atoms with E-state index in [1.165, 1.54) is 6.20 Å². The van der Waals surface area contributed by atoms with Gasteiger partial charge in [0.2, 0.25) is 15.0 Å². The zero-order valence-corrected chi connectivity index (χ0v) is 21.4. The van der Waals surface area contributed by atoms with Crippen molar-refractivity contribution in [3.8, 4) is 0 Å². The normalized spacial score (nSPS) is 11.7. The van der Waals surface area contributed by atoms with E-state index in [0.717, 1.165) is 5.56 Å². The van der Waals surface area contributed by atoms with Gasteiger partial charge in [-0.05, 0) is 44.5 Å². The maximum atomic E-state index is 13.3. The number of rotatable bonds is 10. The van der Waals surface area contributed by atoms with Gasteiger partial charge in [0.25, 0.3) is 5.91 Å². The molecule has 1 amide bonds. The molecule has 182 valence electrons. The molecule has 1 aromatic heterocycles. The Morgan fingerprint density at radius 3 is 2.50 bits per heavy atom. The molecule has 34 heavy (non-hydrogen) atoms. The summed E-state index contributed by atoms with van der Waals surface area (Å²) >= 11 is 6.08. The number of aromatic nitrogens is 2. The van der Waals surface area contributed by atoms with E-state index in [2.05, 4.69) is 4.98 Å². The van der Waals surface area contributed by atoms with Crippen molar-refractivity contribution >= 4 is 27.3 Å². The molecule has 1 heterocycles. The Balaban J connectivity index is 1.94. The fourth-order valence-electron chi connectivity index (χ4n) is 3.61. The highest BCUT2D eigenvalue weighted by molar-refractivity contribution is 7.90. The average molecular weight is 504 g/mol. The molecule has 3 aromatic rings. The van der Waals surface area contributed by atoms with Gasteiger partial charge in [0.05, 0.1) is 30.8 Å². The number of hydrogen-bond acceptors (Lipinski definition) is 5. The third kappa shape index (κ3) is 6.25. The topological polar surface area (TPSA) is 81.5 Å². The summed E-state index contributed by atoms with van der Waals surface area (Å²) in [6.45, 7) is 6.57. The first kappa shape index (κ1) is 25.9. The first-order valence-corrected chi connectivity index (χ1v) is 13.0. The molecule has 0 saturated heterocycles. The lowest BCUT2D eigenvalue weighted by Gasteiger charge is -2.27. The van der Waals surface area contributed by atoms with Gasteiger partial charge in [-0.3, -0.25) is 4.79 Å². The van der Waals surface area contributed by atoms with Crippen LogP contribution in [0.5, 0.6) is 0 Å². The van der Waals surface area contributed by atoms with Crippen molar-refractivity contribution in [1.82, 2.24) is 14.5 Å². The van der Waals surface area contributed by atoms with Crippen molar-refractivity contribution in [3.63, 3.8) is 0 Å². The lowest BCUT2D eigenvalue weighted by atomic mass is 10.1. The van der Waals surface area contributed by atoms with E-state index in [1.807, 2.05) is 32.9 Å². The summed E-state index contributed by atoms with van der Waals surface area (Å²) in [5, 5.41) is 0.447. The molecule has 0 N–H and O–H groups in total. The standard InChI is InChI=1S/C25H30ClN3O4S/c1-18(2)29(24(30)21-6-5-7-22(26)14-21)16-23-15-27-25(28(23)12-13-33-4)34(31,32)17-20-10-8-19(3)9-11-20/h5-11,14-15,18H,12-13,16-17H2,1-4H3. The third-order valence-electron chi connectivity index (χ3n) is 5.46. The molecule has 0 aliphatic carbocycles. The van der Waals surface area contributed by atoms with E-state index in [4.69, 9.17) is 16.3 Å². The van der Waals surface area contributed by atoms with Crippen molar-refractivity contribution < 1.29 is 17.9 Å². The maximum Gasteiger partial charge on any atom is 0.254 e. The number of hydrogen-bond donors (Lipinski definition) is 0. The number of carbonyl (C=O) groups is 1. The van der Waals surface area contributed by atoms with Gasteiger partial charge in [-0.15, -0.1) is 0 Å². The lowest BCUT2D eigenvalue weighted by Crippen LogP contribution is -2.37. The number of methoxy groups -OCH3 is 1. The second-order valence-corrected chi connectivity index (χ2v) is 10.8. The van der Waals surface area contributed by atoms with Crippen LogP contribution in [0.4, 0.5) is 0 Å². The molecule has 0 radical (unpaired) electrons. The van der Waals surface area contributed by atoms with Crippen molar-refractivity contribution in [2.24, 2.45) is 0 Å². The molecule has 0 aliphatic heterocycles. The van der Waals surface area contributed by atoms with E-state index in [9.17, 15) is 13.2 Å². The number of benzene rings is 2. The highest BCUT2D eigenvalue weighted by atomic mass is 35.5. The van der Waals surface area contributed by atoms with Gasteiger partial charge in [-0.1, -0.05) is 47.5 Å². The summed E-state index contributed by atoms with van der Waals surface area (Å²) in [7, 11) is -2.17. The first-order chi connectivity index (χ1) is 16.1. The molecule has 0 spiro atoms. The summed E-state index contributed by atoms with van der Waals surface area (Å²) in [5.41, 5.74) is 2.83. The SMILES string of the molecule is COCCn1c(CN(C(=O)c2cccc(Cl)c2)C(C)C)cnc1S(=O)(=O)Cc1ccc(C)cc1. The predicted molar refractivity (Wildman–Crippen MR) is 133 cm³/mol. The molecule has 0 atom stereocenters. The summed E-state index contributed by atoms with van der Waals surface area (Å²) < 4.78 is 33.4. The van der Waals surface area contributed by atoms with Gasteiger partial charge >= 0.3 is 0 Å². The fourth-order valence-corrected chi connectivity index (χ4v) is 5.32. The Morgan fingerprint density at radius 1 is 1.18 bits per heavy atom. The summed E-state index contributed by atoms with van der Waals surface area (Å²) in [6, 6.07) is 14.0. The van der Waals surface area contributed by atoms with Crippen LogP contribution in [0.3, 0.4) is 0 Å². The van der Waals surface area contributed by atoms with Crippen molar-refractivity contribution in [2.75, 3.05) is 13.7 Å². The molecule has 7 nitrogen and oxygen atoms in total. The van der Waals surface area contributed by atoms with Gasteiger partial charge < -0.3 is 14.2 Å². The Bertz CT molecular complexity index is 1240.